The summed E-state index contributed by atoms with van der Waals surface area (Å²) in [5.74, 6) is -0.0276. The van der Waals surface area contributed by atoms with Crippen LogP contribution in [0.25, 0.3) is 0 Å². The highest BCUT2D eigenvalue weighted by atomic mass is 32.2. The first-order valence-corrected chi connectivity index (χ1v) is 15.1. The Morgan fingerprint density at radius 3 is 2.20 bits per heavy atom. The minimum absolute atomic E-state index is 0.100. The molecule has 40 heavy (non-hydrogen) atoms. The van der Waals surface area contributed by atoms with Gasteiger partial charge >= 0.3 is 6.09 Å². The molecule has 9 heteroatoms. The van der Waals surface area contributed by atoms with Crippen LogP contribution in [-0.2, 0) is 14.3 Å². The predicted octanol–water partition coefficient (Wildman–Crippen LogP) is 6.27. The number of phenols is 1. The van der Waals surface area contributed by atoms with E-state index in [4.69, 9.17) is 4.74 Å². The molecule has 0 radical (unpaired) electrons. The standard InChI is InChI=1S/C31H45N3O5S/c1-10-22(5)34(29(37)24(16-17-40-9)32-30(38)39-31(6,7)8)27(23-14-15-25(35)21(4)18-23)28(36)33-26-19(2)12-11-13-20(26)3/h11-15,18,22,24,27,35H,10,16-17H2,1-9H3,(H,32,38)(H,33,36). The van der Waals surface area contributed by atoms with E-state index < -0.39 is 23.8 Å². The highest BCUT2D eigenvalue weighted by molar-refractivity contribution is 7.98. The Hall–Kier alpha value is -3.20. The summed E-state index contributed by atoms with van der Waals surface area (Å²) in [6.07, 6.45) is 2.19. The lowest BCUT2D eigenvalue weighted by molar-refractivity contribution is -0.143. The van der Waals surface area contributed by atoms with Gasteiger partial charge in [-0.05, 0) is 108 Å². The molecule has 220 valence electrons. The number of hydrogen-bond donors (Lipinski definition) is 3. The van der Waals surface area contributed by atoms with Gasteiger partial charge in [0, 0.05) is 11.7 Å². The van der Waals surface area contributed by atoms with Crippen molar-refractivity contribution < 1.29 is 24.2 Å². The van der Waals surface area contributed by atoms with E-state index in [0.717, 1.165) is 11.1 Å². The van der Waals surface area contributed by atoms with Crippen molar-refractivity contribution in [2.24, 2.45) is 0 Å². The second-order valence-electron chi connectivity index (χ2n) is 11.2. The van der Waals surface area contributed by atoms with Gasteiger partial charge in [-0.1, -0.05) is 31.2 Å². The number of alkyl carbamates (subject to hydrolysis) is 1. The largest absolute Gasteiger partial charge is 0.508 e. The average molecular weight is 572 g/mol. The SMILES string of the molecule is CCC(C)N(C(=O)C(CCSC)NC(=O)OC(C)(C)C)C(C(=O)Nc1c(C)cccc1C)c1ccc(O)c(C)c1. The van der Waals surface area contributed by atoms with Gasteiger partial charge in [0.25, 0.3) is 5.91 Å². The second kappa shape index (κ2) is 14.4. The van der Waals surface area contributed by atoms with Crippen molar-refractivity contribution >= 4 is 35.4 Å². The molecule has 0 aliphatic heterocycles. The minimum Gasteiger partial charge on any atom is -0.508 e. The van der Waals surface area contributed by atoms with E-state index in [2.05, 4.69) is 10.6 Å². The number of benzene rings is 2. The number of amides is 3. The summed E-state index contributed by atoms with van der Waals surface area (Å²) in [5.41, 5.74) is 2.92. The number of thioether (sulfide) groups is 1. The fourth-order valence-corrected chi connectivity index (χ4v) is 4.88. The third-order valence-electron chi connectivity index (χ3n) is 6.71. The van der Waals surface area contributed by atoms with Crippen molar-refractivity contribution in [3.05, 3.63) is 58.7 Å². The molecule has 0 aliphatic carbocycles. The summed E-state index contributed by atoms with van der Waals surface area (Å²) in [6, 6.07) is 8.44. The lowest BCUT2D eigenvalue weighted by atomic mass is 9.97. The lowest BCUT2D eigenvalue weighted by Crippen LogP contribution is -2.55. The quantitative estimate of drug-likeness (QED) is 0.293. The van der Waals surface area contributed by atoms with Crippen molar-refractivity contribution in [2.75, 3.05) is 17.3 Å². The molecule has 8 nitrogen and oxygen atoms in total. The second-order valence-corrected chi connectivity index (χ2v) is 12.2. The molecule has 0 aliphatic rings. The highest BCUT2D eigenvalue weighted by Crippen LogP contribution is 2.31. The molecule has 0 saturated heterocycles. The molecule has 3 N–H and O–H groups in total. The van der Waals surface area contributed by atoms with E-state index in [0.29, 0.717) is 35.4 Å². The molecular formula is C31H45N3O5S. The fraction of sp³-hybridized carbons (Fsp3) is 0.516. The van der Waals surface area contributed by atoms with E-state index in [9.17, 15) is 19.5 Å². The summed E-state index contributed by atoms with van der Waals surface area (Å²) in [5, 5.41) is 16.0. The molecule has 3 amide bonds. The summed E-state index contributed by atoms with van der Waals surface area (Å²) < 4.78 is 5.46. The third-order valence-corrected chi connectivity index (χ3v) is 7.36. The zero-order valence-electron chi connectivity index (χ0n) is 25.3. The molecule has 3 unspecified atom stereocenters. The van der Waals surface area contributed by atoms with Crippen LogP contribution in [0.15, 0.2) is 36.4 Å². The normalized spacial score (nSPS) is 13.6. The zero-order valence-corrected chi connectivity index (χ0v) is 26.1. The summed E-state index contributed by atoms with van der Waals surface area (Å²) in [6.45, 7) is 14.7. The number of nitrogens with zero attached hydrogens (tertiary/aromatic N) is 1. The Morgan fingerprint density at radius 1 is 1.05 bits per heavy atom. The van der Waals surface area contributed by atoms with Crippen molar-refractivity contribution in [3.8, 4) is 5.75 Å². The van der Waals surface area contributed by atoms with Gasteiger partial charge in [0.2, 0.25) is 5.91 Å². The number of aromatic hydroxyl groups is 1. The first-order valence-electron chi connectivity index (χ1n) is 13.7. The Balaban J connectivity index is 2.63. The molecule has 0 heterocycles. The highest BCUT2D eigenvalue weighted by Gasteiger charge is 2.38. The average Bonchev–Trinajstić information content (AvgIpc) is 2.87. The number of para-hydroxylation sites is 1. The third kappa shape index (κ3) is 8.91. The number of carbonyl (C=O) groups is 3. The molecule has 2 rings (SSSR count). The van der Waals surface area contributed by atoms with E-state index >= 15 is 0 Å². The number of nitrogens with one attached hydrogen (secondary N) is 2. The van der Waals surface area contributed by atoms with E-state index in [1.54, 1.807) is 56.5 Å². The Bertz CT molecular complexity index is 1170. The van der Waals surface area contributed by atoms with Crippen LogP contribution in [0, 0.1) is 20.8 Å². The summed E-state index contributed by atoms with van der Waals surface area (Å²) in [4.78, 5) is 42.8. The molecule has 0 fully saturated rings. The first kappa shape index (κ1) is 33.0. The van der Waals surface area contributed by atoms with Gasteiger partial charge in [-0.2, -0.15) is 11.8 Å². The van der Waals surface area contributed by atoms with Gasteiger partial charge in [0.15, 0.2) is 0 Å². The molecule has 3 atom stereocenters. The fourth-order valence-electron chi connectivity index (χ4n) is 4.41. The van der Waals surface area contributed by atoms with Crippen LogP contribution in [-0.4, -0.2) is 57.6 Å². The van der Waals surface area contributed by atoms with Gasteiger partial charge < -0.3 is 25.4 Å². The van der Waals surface area contributed by atoms with Crippen molar-refractivity contribution in [1.29, 1.82) is 0 Å². The molecule has 2 aromatic rings. The number of hydrogen-bond acceptors (Lipinski definition) is 6. The van der Waals surface area contributed by atoms with Gasteiger partial charge in [-0.15, -0.1) is 0 Å². The van der Waals surface area contributed by atoms with Crippen LogP contribution in [0.5, 0.6) is 5.75 Å². The number of anilines is 1. The van der Waals surface area contributed by atoms with Crippen LogP contribution in [0.3, 0.4) is 0 Å². The molecule has 0 saturated carbocycles. The van der Waals surface area contributed by atoms with Crippen LogP contribution in [0.2, 0.25) is 0 Å². The lowest BCUT2D eigenvalue weighted by Gasteiger charge is -2.38. The van der Waals surface area contributed by atoms with Gasteiger partial charge in [-0.25, -0.2) is 4.79 Å². The maximum absolute atomic E-state index is 14.3. The van der Waals surface area contributed by atoms with Gasteiger partial charge in [0.05, 0.1) is 0 Å². The molecule has 2 aromatic carbocycles. The van der Waals surface area contributed by atoms with Crippen molar-refractivity contribution in [3.63, 3.8) is 0 Å². The van der Waals surface area contributed by atoms with Crippen LogP contribution < -0.4 is 10.6 Å². The van der Waals surface area contributed by atoms with E-state index in [1.807, 2.05) is 52.1 Å². The zero-order chi connectivity index (χ0) is 30.2. The van der Waals surface area contributed by atoms with Crippen molar-refractivity contribution in [1.82, 2.24) is 10.2 Å². The summed E-state index contributed by atoms with van der Waals surface area (Å²) >= 11 is 1.56. The van der Waals surface area contributed by atoms with E-state index in [1.165, 1.54) is 6.07 Å². The maximum atomic E-state index is 14.3. The Kier molecular flexibility index (Phi) is 11.9. The van der Waals surface area contributed by atoms with Gasteiger partial charge in [0.1, 0.15) is 23.4 Å². The smallest absolute Gasteiger partial charge is 0.408 e. The Labute approximate surface area is 243 Å². The molecule has 0 aromatic heterocycles. The molecular weight excluding hydrogens is 526 g/mol. The van der Waals surface area contributed by atoms with E-state index in [-0.39, 0.29) is 23.6 Å². The number of ether oxygens (including phenoxy) is 1. The van der Waals surface area contributed by atoms with Crippen LogP contribution in [0.4, 0.5) is 10.5 Å². The van der Waals surface area contributed by atoms with Crippen LogP contribution in [0.1, 0.15) is 75.8 Å². The van der Waals surface area contributed by atoms with Crippen LogP contribution >= 0.6 is 11.8 Å². The Morgan fingerprint density at radius 2 is 1.68 bits per heavy atom. The number of aryl methyl sites for hydroxylation is 3. The molecule has 0 spiro atoms. The van der Waals surface area contributed by atoms with Crippen molar-refractivity contribution in [2.45, 2.75) is 92.0 Å². The number of carbonyl (C=O) groups excluding carboxylic acids is 3. The van der Waals surface area contributed by atoms with Gasteiger partial charge in [-0.3, -0.25) is 9.59 Å². The minimum atomic E-state index is -1.02. The summed E-state index contributed by atoms with van der Waals surface area (Å²) in [7, 11) is 0. The monoisotopic (exact) mass is 571 g/mol. The first-order chi connectivity index (χ1) is 18.7. The maximum Gasteiger partial charge on any atom is 0.408 e. The number of rotatable bonds is 11. The predicted molar refractivity (Wildman–Crippen MR) is 163 cm³/mol. The topological polar surface area (TPSA) is 108 Å². The number of phenolic OH excluding ortho intramolecular Hbond substituents is 1. The molecule has 0 bridgehead atoms.